The molecule has 4 aromatic rings. The predicted molar refractivity (Wildman–Crippen MR) is 120 cm³/mol. The second-order valence-corrected chi connectivity index (χ2v) is 7.82. The molecule has 0 aliphatic heterocycles. The van der Waals surface area contributed by atoms with Crippen LogP contribution in [-0.2, 0) is 7.05 Å². The van der Waals surface area contributed by atoms with Gasteiger partial charge >= 0.3 is 0 Å². The average molecular weight is 486 g/mol. The van der Waals surface area contributed by atoms with Crippen molar-refractivity contribution in [2.24, 2.45) is 7.05 Å². The van der Waals surface area contributed by atoms with Gasteiger partial charge in [-0.15, -0.1) is 0 Å². The Hall–Kier alpha value is -3.87. The first-order chi connectivity index (χ1) is 15.7. The van der Waals surface area contributed by atoms with E-state index in [1.165, 1.54) is 35.0 Å². The van der Waals surface area contributed by atoms with E-state index in [9.17, 15) is 19.2 Å². The molecule has 2 aromatic heterocycles. The van der Waals surface area contributed by atoms with Gasteiger partial charge in [-0.05, 0) is 37.3 Å². The number of hydrogen-bond acceptors (Lipinski definition) is 5. The van der Waals surface area contributed by atoms with E-state index in [1.807, 2.05) is 6.07 Å². The van der Waals surface area contributed by atoms with Crippen LogP contribution in [0.25, 0.3) is 17.0 Å². The molecular weight excluding hydrogens is 472 g/mol. The third-order valence-corrected chi connectivity index (χ3v) is 5.62. The zero-order valence-corrected chi connectivity index (χ0v) is 18.7. The van der Waals surface area contributed by atoms with E-state index < -0.39 is 17.3 Å². The summed E-state index contributed by atoms with van der Waals surface area (Å²) in [5.74, 6) is -1.47. The molecule has 1 N–H and O–H groups in total. The summed E-state index contributed by atoms with van der Waals surface area (Å²) in [6.45, 7) is 1.58. The van der Waals surface area contributed by atoms with Crippen molar-refractivity contribution >= 4 is 34.8 Å². The van der Waals surface area contributed by atoms with Gasteiger partial charge in [-0.25, -0.2) is 9.07 Å². The van der Waals surface area contributed by atoms with Gasteiger partial charge in [0.1, 0.15) is 28.8 Å². The van der Waals surface area contributed by atoms with Gasteiger partial charge in [-0.1, -0.05) is 40.5 Å². The van der Waals surface area contributed by atoms with Crippen LogP contribution in [0.4, 0.5) is 10.1 Å². The monoisotopic (exact) mass is 485 g/mol. The highest BCUT2D eigenvalue weighted by Gasteiger charge is 2.27. The van der Waals surface area contributed by atoms with Gasteiger partial charge in [0.25, 0.3) is 11.5 Å². The molecule has 0 spiro atoms. The fraction of sp³-hybridized carbons (Fsp3) is 0.0909. The number of carbonyl (C=O) groups is 1. The molecule has 0 saturated carbocycles. The number of aromatic nitrogens is 3. The van der Waals surface area contributed by atoms with E-state index in [0.717, 1.165) is 4.68 Å². The molecule has 0 fully saturated rings. The number of hydrogen-bond donors (Lipinski definition) is 1. The first kappa shape index (κ1) is 22.3. The Balaban J connectivity index is 1.74. The second kappa shape index (κ2) is 8.58. The lowest BCUT2D eigenvalue weighted by molar-refractivity contribution is 0.101. The lowest BCUT2D eigenvalue weighted by atomic mass is 10.1. The number of nitriles is 1. The first-order valence-electron chi connectivity index (χ1n) is 9.44. The summed E-state index contributed by atoms with van der Waals surface area (Å²) in [5.41, 5.74) is -0.549. The number of rotatable bonds is 4. The van der Waals surface area contributed by atoms with Gasteiger partial charge in [0, 0.05) is 17.6 Å². The Kier molecular flexibility index (Phi) is 5.80. The maximum absolute atomic E-state index is 14.3. The van der Waals surface area contributed by atoms with Crippen molar-refractivity contribution in [2.45, 2.75) is 6.92 Å². The fourth-order valence-corrected chi connectivity index (χ4v) is 3.82. The van der Waals surface area contributed by atoms with Crippen molar-refractivity contribution < 1.29 is 13.7 Å². The van der Waals surface area contributed by atoms with Crippen LogP contribution < -0.4 is 10.9 Å². The Morgan fingerprint density at radius 2 is 1.97 bits per heavy atom. The van der Waals surface area contributed by atoms with E-state index in [1.54, 1.807) is 26.1 Å². The summed E-state index contributed by atoms with van der Waals surface area (Å²) >= 11 is 12.1. The SMILES string of the molecule is Cc1c(NC(=O)c2noc(-c3ccc(Cl)cc3Cl)c2C#N)c(=O)n(-c2ccccc2F)n1C. The number of nitrogens with one attached hydrogen (secondary N) is 1. The topological polar surface area (TPSA) is 106 Å². The van der Waals surface area contributed by atoms with Crippen LogP contribution in [-0.4, -0.2) is 20.4 Å². The van der Waals surface area contributed by atoms with Gasteiger partial charge in [-0.2, -0.15) is 5.26 Å². The van der Waals surface area contributed by atoms with Crippen LogP contribution in [0.15, 0.2) is 51.8 Å². The summed E-state index contributed by atoms with van der Waals surface area (Å²) in [5, 5.41) is 16.4. The molecule has 0 unspecified atom stereocenters. The highest BCUT2D eigenvalue weighted by Crippen LogP contribution is 2.33. The Labute approximate surface area is 196 Å². The maximum atomic E-state index is 14.3. The summed E-state index contributed by atoms with van der Waals surface area (Å²) < 4.78 is 22.0. The van der Waals surface area contributed by atoms with Crippen LogP contribution in [0, 0.1) is 24.1 Å². The Morgan fingerprint density at radius 1 is 1.24 bits per heavy atom. The van der Waals surface area contributed by atoms with Crippen LogP contribution in [0.5, 0.6) is 0 Å². The Morgan fingerprint density at radius 3 is 2.64 bits per heavy atom. The minimum Gasteiger partial charge on any atom is -0.354 e. The van der Waals surface area contributed by atoms with Gasteiger partial charge in [0.15, 0.2) is 11.5 Å². The third kappa shape index (κ3) is 3.80. The van der Waals surface area contributed by atoms with Crippen molar-refractivity contribution in [1.82, 2.24) is 14.5 Å². The molecule has 8 nitrogen and oxygen atoms in total. The minimum atomic E-state index is -0.849. The van der Waals surface area contributed by atoms with Crippen LogP contribution in [0.1, 0.15) is 21.7 Å². The van der Waals surface area contributed by atoms with Crippen molar-refractivity contribution in [2.75, 3.05) is 5.32 Å². The number of halogens is 3. The molecule has 0 atom stereocenters. The summed E-state index contributed by atoms with van der Waals surface area (Å²) in [6, 6.07) is 12.2. The summed E-state index contributed by atoms with van der Waals surface area (Å²) in [4.78, 5) is 25.9. The van der Waals surface area contributed by atoms with E-state index in [2.05, 4.69) is 10.5 Å². The van der Waals surface area contributed by atoms with Gasteiger partial charge in [-0.3, -0.25) is 14.3 Å². The molecule has 166 valence electrons. The lowest BCUT2D eigenvalue weighted by Crippen LogP contribution is -2.24. The Bertz CT molecular complexity index is 1510. The summed E-state index contributed by atoms with van der Waals surface area (Å²) in [6.07, 6.45) is 0. The zero-order chi connectivity index (χ0) is 23.9. The number of anilines is 1. The quantitative estimate of drug-likeness (QED) is 0.450. The molecule has 2 heterocycles. The number of carbonyl (C=O) groups excluding carboxylic acids is 1. The first-order valence-corrected chi connectivity index (χ1v) is 10.2. The number of amides is 1. The highest BCUT2D eigenvalue weighted by molar-refractivity contribution is 6.36. The molecule has 0 radical (unpaired) electrons. The molecule has 0 aliphatic rings. The molecule has 11 heteroatoms. The molecule has 0 saturated heterocycles. The molecule has 1 amide bonds. The highest BCUT2D eigenvalue weighted by atomic mass is 35.5. The van der Waals surface area contributed by atoms with Crippen molar-refractivity contribution in [3.8, 4) is 23.1 Å². The molecule has 0 bridgehead atoms. The van der Waals surface area contributed by atoms with E-state index in [-0.39, 0.29) is 33.4 Å². The van der Waals surface area contributed by atoms with Gasteiger partial charge < -0.3 is 9.84 Å². The lowest BCUT2D eigenvalue weighted by Gasteiger charge is -2.08. The number of benzene rings is 2. The largest absolute Gasteiger partial charge is 0.354 e. The standard InChI is InChI=1S/C22H14Cl2FN5O3/c1-11-18(22(32)30(29(11)2)17-6-4-3-5-16(17)25)27-21(31)19-14(10-26)20(33-28-19)13-8-7-12(23)9-15(13)24/h3-9H,1-2H3,(H,27,31). The third-order valence-electron chi connectivity index (χ3n) is 5.07. The molecule has 2 aromatic carbocycles. The molecular formula is C22H14Cl2FN5O3. The van der Waals surface area contributed by atoms with Crippen molar-refractivity contribution in [3.05, 3.63) is 85.6 Å². The maximum Gasteiger partial charge on any atom is 0.295 e. The normalized spacial score (nSPS) is 10.8. The smallest absolute Gasteiger partial charge is 0.295 e. The predicted octanol–water partition coefficient (Wildman–Crippen LogP) is 4.71. The molecule has 0 aliphatic carbocycles. The van der Waals surface area contributed by atoms with E-state index >= 15 is 0 Å². The van der Waals surface area contributed by atoms with Crippen LogP contribution in [0.2, 0.25) is 10.0 Å². The number of para-hydroxylation sites is 1. The molecule has 4 rings (SSSR count). The summed E-state index contributed by atoms with van der Waals surface area (Å²) in [7, 11) is 1.55. The van der Waals surface area contributed by atoms with Crippen LogP contribution in [0.3, 0.4) is 0 Å². The fourth-order valence-electron chi connectivity index (χ4n) is 3.33. The zero-order valence-electron chi connectivity index (χ0n) is 17.2. The van der Waals surface area contributed by atoms with Crippen molar-refractivity contribution in [3.63, 3.8) is 0 Å². The van der Waals surface area contributed by atoms with E-state index in [0.29, 0.717) is 16.3 Å². The minimum absolute atomic E-state index is 0.0159. The van der Waals surface area contributed by atoms with E-state index in [4.69, 9.17) is 27.7 Å². The number of nitrogens with zero attached hydrogens (tertiary/aromatic N) is 4. The van der Waals surface area contributed by atoms with Crippen LogP contribution >= 0.6 is 23.2 Å². The molecule has 33 heavy (non-hydrogen) atoms. The van der Waals surface area contributed by atoms with Gasteiger partial charge in [0.2, 0.25) is 0 Å². The average Bonchev–Trinajstić information content (AvgIpc) is 3.29. The van der Waals surface area contributed by atoms with Crippen molar-refractivity contribution in [1.29, 1.82) is 5.26 Å². The van der Waals surface area contributed by atoms with Gasteiger partial charge in [0.05, 0.1) is 10.7 Å². The second-order valence-electron chi connectivity index (χ2n) is 6.98.